The summed E-state index contributed by atoms with van der Waals surface area (Å²) in [6.07, 6.45) is 2.99. The zero-order chi connectivity index (χ0) is 23.1. The first-order chi connectivity index (χ1) is 15.7. The molecule has 3 aliphatic carbocycles. The number of aromatic hydroxyl groups is 1. The van der Waals surface area contributed by atoms with E-state index in [4.69, 9.17) is 0 Å². The van der Waals surface area contributed by atoms with Gasteiger partial charge in [-0.15, -0.1) is 5.10 Å². The number of rotatable bonds is 3. The monoisotopic (exact) mass is 443 g/mol. The fraction of sp³-hybridized carbons (Fsp3) is 0.407. The zero-order valence-corrected chi connectivity index (χ0v) is 19.0. The highest BCUT2D eigenvalue weighted by molar-refractivity contribution is 5.58. The van der Waals surface area contributed by atoms with E-state index in [1.54, 1.807) is 6.07 Å². The molecule has 2 fully saturated rings. The molecule has 6 nitrogen and oxygen atoms in total. The van der Waals surface area contributed by atoms with E-state index in [1.165, 1.54) is 11.1 Å². The number of aliphatic hydroxyl groups excluding tert-OH is 1. The second-order valence-corrected chi connectivity index (χ2v) is 10.3. The number of aromatic nitrogens is 3. The third-order valence-corrected chi connectivity index (χ3v) is 8.68. The number of aliphatic hydroxyl groups is 2. The van der Waals surface area contributed by atoms with E-state index in [2.05, 4.69) is 35.9 Å². The van der Waals surface area contributed by atoms with Crippen LogP contribution >= 0.6 is 0 Å². The first-order valence-corrected chi connectivity index (χ1v) is 11.6. The van der Waals surface area contributed by atoms with E-state index in [0.29, 0.717) is 25.0 Å². The van der Waals surface area contributed by atoms with Gasteiger partial charge in [-0.3, -0.25) is 4.68 Å². The Bertz CT molecular complexity index is 1280. The van der Waals surface area contributed by atoms with Crippen molar-refractivity contribution < 1.29 is 15.3 Å². The minimum Gasteiger partial charge on any atom is -0.508 e. The molecule has 3 aromatic rings. The predicted octanol–water partition coefficient (Wildman–Crippen LogP) is 3.98. The van der Waals surface area contributed by atoms with Gasteiger partial charge in [-0.1, -0.05) is 47.7 Å². The number of nitrogens with zero attached hydrogens (tertiary/aromatic N) is 3. The van der Waals surface area contributed by atoms with Gasteiger partial charge in [-0.25, -0.2) is 0 Å². The number of fused-ring (bicyclic) bond motifs is 3. The average molecular weight is 444 g/mol. The van der Waals surface area contributed by atoms with Crippen LogP contribution in [-0.4, -0.2) is 42.0 Å². The molecule has 170 valence electrons. The standard InChI is InChI=1S/C27H29N3O3/c1-15-4-6-18(7-5-15)22-13-30(29-28-22)12-21-24-16(2)23(31)9-8-19(24)20-10-11-26(33)14-27(20,21)25(32)17(26)3/h4-9,13,20-21,25,31-33H,3,10-12,14H2,1-2H3/t20-,21-,25?,26-,27?/m0/s1. The quantitative estimate of drug-likeness (QED) is 0.533. The van der Waals surface area contributed by atoms with Gasteiger partial charge in [0, 0.05) is 16.9 Å². The van der Waals surface area contributed by atoms with Crippen molar-refractivity contribution in [3.8, 4) is 17.0 Å². The lowest BCUT2D eigenvalue weighted by atomic mass is 9.62. The Kier molecular flexibility index (Phi) is 4.24. The molecular formula is C27H29N3O3. The summed E-state index contributed by atoms with van der Waals surface area (Å²) in [6.45, 7) is 8.62. The molecule has 6 heteroatoms. The van der Waals surface area contributed by atoms with Gasteiger partial charge in [-0.05, 0) is 67.4 Å². The van der Waals surface area contributed by atoms with E-state index >= 15 is 0 Å². The summed E-state index contributed by atoms with van der Waals surface area (Å²) < 4.78 is 1.84. The smallest absolute Gasteiger partial charge is 0.118 e. The third kappa shape index (κ3) is 2.68. The van der Waals surface area contributed by atoms with Crippen LogP contribution in [0.5, 0.6) is 5.75 Å². The number of aryl methyl sites for hydroxylation is 1. The van der Waals surface area contributed by atoms with Gasteiger partial charge in [0.25, 0.3) is 0 Å². The predicted molar refractivity (Wildman–Crippen MR) is 125 cm³/mol. The maximum absolute atomic E-state index is 11.5. The Morgan fingerprint density at radius 1 is 1.15 bits per heavy atom. The summed E-state index contributed by atoms with van der Waals surface area (Å²) in [7, 11) is 0. The Morgan fingerprint density at radius 2 is 1.91 bits per heavy atom. The molecule has 3 aliphatic rings. The van der Waals surface area contributed by atoms with Gasteiger partial charge in [0.2, 0.25) is 0 Å². The van der Waals surface area contributed by atoms with Gasteiger partial charge in [0.15, 0.2) is 0 Å². The van der Waals surface area contributed by atoms with E-state index < -0.39 is 17.1 Å². The van der Waals surface area contributed by atoms with Crippen LogP contribution in [0.25, 0.3) is 11.3 Å². The highest BCUT2D eigenvalue weighted by Gasteiger charge is 2.69. The first kappa shape index (κ1) is 20.6. The molecule has 0 radical (unpaired) electrons. The maximum atomic E-state index is 11.5. The molecule has 1 spiro atoms. The van der Waals surface area contributed by atoms with Crippen LogP contribution in [0.15, 0.2) is 54.7 Å². The molecule has 2 aromatic carbocycles. The molecule has 2 bridgehead atoms. The molecule has 1 aromatic heterocycles. The molecule has 3 N–H and O–H groups in total. The Labute approximate surface area is 193 Å². The van der Waals surface area contributed by atoms with Crippen molar-refractivity contribution in [1.82, 2.24) is 15.0 Å². The molecule has 2 unspecified atom stereocenters. The van der Waals surface area contributed by atoms with Crippen LogP contribution in [0, 0.1) is 19.3 Å². The summed E-state index contributed by atoms with van der Waals surface area (Å²) in [5.41, 5.74) is 5.00. The lowest BCUT2D eigenvalue weighted by molar-refractivity contribution is -0.0230. The van der Waals surface area contributed by atoms with Gasteiger partial charge >= 0.3 is 0 Å². The molecule has 33 heavy (non-hydrogen) atoms. The molecule has 0 aliphatic heterocycles. The molecule has 0 amide bonds. The van der Waals surface area contributed by atoms with E-state index in [1.807, 2.05) is 36.0 Å². The van der Waals surface area contributed by atoms with Gasteiger partial charge < -0.3 is 15.3 Å². The largest absolute Gasteiger partial charge is 0.508 e. The minimum atomic E-state index is -1.04. The lowest BCUT2D eigenvalue weighted by Crippen LogP contribution is -2.42. The Balaban J connectivity index is 1.46. The highest BCUT2D eigenvalue weighted by Crippen LogP contribution is 2.71. The van der Waals surface area contributed by atoms with E-state index in [9.17, 15) is 15.3 Å². The molecule has 2 saturated carbocycles. The number of phenols is 1. The molecule has 5 atom stereocenters. The van der Waals surface area contributed by atoms with Crippen LogP contribution in [0.1, 0.15) is 53.4 Å². The normalized spacial score (nSPS) is 32.1. The van der Waals surface area contributed by atoms with Crippen LogP contribution in [0.4, 0.5) is 0 Å². The number of phenolic OH excluding ortho intramolecular Hbond substituents is 1. The van der Waals surface area contributed by atoms with E-state index in [-0.39, 0.29) is 17.6 Å². The van der Waals surface area contributed by atoms with Crippen molar-refractivity contribution in [3.05, 3.63) is 77.0 Å². The fourth-order valence-corrected chi connectivity index (χ4v) is 6.98. The number of hydrogen-bond acceptors (Lipinski definition) is 5. The van der Waals surface area contributed by atoms with Crippen LogP contribution < -0.4 is 0 Å². The summed E-state index contributed by atoms with van der Waals surface area (Å²) in [5.74, 6) is 0.235. The van der Waals surface area contributed by atoms with Crippen LogP contribution in [0.2, 0.25) is 0 Å². The Morgan fingerprint density at radius 3 is 2.67 bits per heavy atom. The van der Waals surface area contributed by atoms with Crippen molar-refractivity contribution in [2.75, 3.05) is 0 Å². The number of benzene rings is 2. The van der Waals surface area contributed by atoms with Crippen molar-refractivity contribution in [2.45, 2.75) is 63.2 Å². The topological polar surface area (TPSA) is 91.4 Å². The molecular weight excluding hydrogens is 414 g/mol. The van der Waals surface area contributed by atoms with Crippen molar-refractivity contribution in [3.63, 3.8) is 0 Å². The second kappa shape index (κ2) is 6.78. The number of hydrogen-bond donors (Lipinski definition) is 3. The summed E-state index contributed by atoms with van der Waals surface area (Å²) in [5, 5.41) is 42.2. The van der Waals surface area contributed by atoms with Crippen LogP contribution in [-0.2, 0) is 6.54 Å². The summed E-state index contributed by atoms with van der Waals surface area (Å²) in [4.78, 5) is 0. The minimum absolute atomic E-state index is 0.103. The summed E-state index contributed by atoms with van der Waals surface area (Å²) in [6, 6.07) is 11.9. The van der Waals surface area contributed by atoms with Crippen molar-refractivity contribution in [1.29, 1.82) is 0 Å². The van der Waals surface area contributed by atoms with Gasteiger partial charge in [-0.2, -0.15) is 0 Å². The zero-order valence-electron chi connectivity index (χ0n) is 19.0. The lowest BCUT2D eigenvalue weighted by Gasteiger charge is -2.43. The van der Waals surface area contributed by atoms with Crippen molar-refractivity contribution >= 4 is 0 Å². The van der Waals surface area contributed by atoms with E-state index in [0.717, 1.165) is 28.8 Å². The van der Waals surface area contributed by atoms with Gasteiger partial charge in [0.1, 0.15) is 11.4 Å². The fourth-order valence-electron chi connectivity index (χ4n) is 6.98. The second-order valence-electron chi connectivity index (χ2n) is 10.3. The maximum Gasteiger partial charge on any atom is 0.118 e. The average Bonchev–Trinajstić information content (AvgIpc) is 3.41. The van der Waals surface area contributed by atoms with Crippen molar-refractivity contribution in [2.24, 2.45) is 5.41 Å². The molecule has 0 saturated heterocycles. The molecule has 1 heterocycles. The Hall–Kier alpha value is -2.96. The first-order valence-electron chi connectivity index (χ1n) is 11.6. The van der Waals surface area contributed by atoms with Gasteiger partial charge in [0.05, 0.1) is 24.4 Å². The third-order valence-electron chi connectivity index (χ3n) is 8.68. The highest BCUT2D eigenvalue weighted by atomic mass is 16.3. The van der Waals surface area contributed by atoms with Crippen LogP contribution in [0.3, 0.4) is 0 Å². The molecule has 6 rings (SSSR count). The summed E-state index contributed by atoms with van der Waals surface area (Å²) >= 11 is 0. The SMILES string of the molecule is C=C1C(O)C23C[C@@]1(O)CC[C@H]2c1ccc(O)c(C)c1[C@@H]3Cn1cc(-c2ccc(C)cc2)nn1.